The minimum absolute atomic E-state index is 0.0350. The zero-order valence-corrected chi connectivity index (χ0v) is 17.7. The molecule has 7 nitrogen and oxygen atoms in total. The summed E-state index contributed by atoms with van der Waals surface area (Å²) in [6, 6.07) is 9.02. The molecular formula is C23H24F2N4O3. The molecule has 1 saturated heterocycles. The van der Waals surface area contributed by atoms with Gasteiger partial charge in [-0.1, -0.05) is 0 Å². The van der Waals surface area contributed by atoms with E-state index in [9.17, 15) is 13.6 Å². The van der Waals surface area contributed by atoms with E-state index in [2.05, 4.69) is 15.6 Å². The van der Waals surface area contributed by atoms with Crippen molar-refractivity contribution in [2.45, 2.75) is 19.3 Å². The molecule has 2 aromatic carbocycles. The molecule has 1 aliphatic heterocycles. The summed E-state index contributed by atoms with van der Waals surface area (Å²) in [6.07, 6.45) is 3.79. The Hall–Kier alpha value is -3.62. The number of aromatic nitrogens is 1. The quantitative estimate of drug-likeness (QED) is 0.559. The molecule has 0 radical (unpaired) electrons. The molecule has 0 aliphatic carbocycles. The Morgan fingerprint density at radius 1 is 1.16 bits per heavy atom. The lowest BCUT2D eigenvalue weighted by Crippen LogP contribution is -2.30. The number of hydrogen-bond donors (Lipinski definition) is 2. The number of nitrogens with zero attached hydrogens (tertiary/aromatic N) is 2. The number of carbonyl (C=O) groups is 1. The van der Waals surface area contributed by atoms with Gasteiger partial charge in [0.05, 0.1) is 12.8 Å². The minimum atomic E-state index is -0.684. The molecular weight excluding hydrogens is 418 g/mol. The number of oxazole rings is 1. The van der Waals surface area contributed by atoms with Crippen LogP contribution in [0.5, 0.6) is 5.75 Å². The van der Waals surface area contributed by atoms with Crippen molar-refractivity contribution in [3.05, 3.63) is 60.0 Å². The summed E-state index contributed by atoms with van der Waals surface area (Å²) in [7, 11) is 1.60. The maximum absolute atomic E-state index is 14.4. The van der Waals surface area contributed by atoms with Crippen LogP contribution in [0.25, 0.3) is 11.5 Å². The number of methoxy groups -OCH3 is 1. The first-order valence-electron chi connectivity index (χ1n) is 10.4. The molecule has 0 unspecified atom stereocenters. The highest BCUT2D eigenvalue weighted by molar-refractivity contribution is 5.89. The van der Waals surface area contributed by atoms with Crippen LogP contribution in [0, 0.1) is 11.6 Å². The maximum atomic E-state index is 14.4. The van der Waals surface area contributed by atoms with Gasteiger partial charge in [-0.25, -0.2) is 18.6 Å². The third-order valence-electron chi connectivity index (χ3n) is 5.25. The van der Waals surface area contributed by atoms with E-state index in [1.807, 2.05) is 24.3 Å². The summed E-state index contributed by atoms with van der Waals surface area (Å²) >= 11 is 0. The lowest BCUT2D eigenvalue weighted by Gasteiger charge is -2.19. The topological polar surface area (TPSA) is 79.6 Å². The molecule has 4 rings (SSSR count). The molecule has 9 heteroatoms. The number of urea groups is 1. The van der Waals surface area contributed by atoms with Crippen molar-refractivity contribution in [3.63, 3.8) is 0 Å². The van der Waals surface area contributed by atoms with Gasteiger partial charge in [0, 0.05) is 37.3 Å². The number of benzene rings is 2. The lowest BCUT2D eigenvalue weighted by molar-refractivity contribution is 0.252. The van der Waals surface area contributed by atoms with E-state index in [4.69, 9.17) is 9.15 Å². The fourth-order valence-electron chi connectivity index (χ4n) is 3.65. The van der Waals surface area contributed by atoms with Crippen LogP contribution >= 0.6 is 0 Å². The van der Waals surface area contributed by atoms with Gasteiger partial charge in [-0.3, -0.25) is 0 Å². The number of hydrogen-bond acceptors (Lipinski definition) is 5. The van der Waals surface area contributed by atoms with Crippen molar-refractivity contribution in [1.29, 1.82) is 0 Å². The number of ether oxygens (including phenoxy) is 1. The molecule has 0 bridgehead atoms. The van der Waals surface area contributed by atoms with Crippen LogP contribution in [0.2, 0.25) is 0 Å². The van der Waals surface area contributed by atoms with Crippen molar-refractivity contribution in [2.75, 3.05) is 37.0 Å². The van der Waals surface area contributed by atoms with Crippen molar-refractivity contribution >= 4 is 17.4 Å². The molecule has 0 saturated carbocycles. The molecule has 0 spiro atoms. The van der Waals surface area contributed by atoms with Gasteiger partial charge in [-0.05, 0) is 49.2 Å². The molecule has 1 fully saturated rings. The van der Waals surface area contributed by atoms with Crippen LogP contribution < -0.4 is 20.3 Å². The first kappa shape index (κ1) is 21.6. The van der Waals surface area contributed by atoms with Crippen LogP contribution in [0.3, 0.4) is 0 Å². The average molecular weight is 442 g/mol. The van der Waals surface area contributed by atoms with Gasteiger partial charge in [0.1, 0.15) is 17.7 Å². The van der Waals surface area contributed by atoms with E-state index in [0.29, 0.717) is 31.1 Å². The van der Waals surface area contributed by atoms with E-state index in [-0.39, 0.29) is 17.9 Å². The van der Waals surface area contributed by atoms with Gasteiger partial charge in [0.2, 0.25) is 5.89 Å². The molecule has 2 amide bonds. The van der Waals surface area contributed by atoms with Crippen molar-refractivity contribution < 1.29 is 22.7 Å². The van der Waals surface area contributed by atoms with E-state index < -0.39 is 17.7 Å². The van der Waals surface area contributed by atoms with E-state index in [1.165, 1.54) is 6.26 Å². The fraction of sp³-hybridized carbons (Fsp3) is 0.304. The largest absolute Gasteiger partial charge is 0.497 e. The second kappa shape index (κ2) is 9.67. The summed E-state index contributed by atoms with van der Waals surface area (Å²) in [5.41, 5.74) is 1.50. The Bertz CT molecular complexity index is 1060. The predicted octanol–water partition coefficient (Wildman–Crippen LogP) is 4.59. The summed E-state index contributed by atoms with van der Waals surface area (Å²) < 4.78 is 39.4. The highest BCUT2D eigenvalue weighted by Crippen LogP contribution is 2.29. The van der Waals surface area contributed by atoms with Crippen molar-refractivity contribution in [1.82, 2.24) is 10.3 Å². The molecule has 2 N–H and O–H groups in total. The number of carbonyl (C=O) groups excluding carboxylic acids is 1. The fourth-order valence-corrected chi connectivity index (χ4v) is 3.65. The van der Waals surface area contributed by atoms with Crippen LogP contribution in [0.15, 0.2) is 47.1 Å². The Balaban J connectivity index is 1.29. The average Bonchev–Trinajstić information content (AvgIpc) is 3.46. The number of nitrogens with one attached hydrogen (secondary N) is 2. The van der Waals surface area contributed by atoms with Crippen LogP contribution in [-0.2, 0) is 6.42 Å². The summed E-state index contributed by atoms with van der Waals surface area (Å²) in [5, 5.41) is 5.11. The predicted molar refractivity (Wildman–Crippen MR) is 117 cm³/mol. The SMILES string of the molecule is COc1ccc(-c2nc(CCNC(=O)Nc3cc(F)c(N4CCCC4)c(F)c3)co2)cc1. The molecule has 1 aliphatic rings. The molecule has 1 aromatic heterocycles. The zero-order valence-electron chi connectivity index (χ0n) is 17.7. The number of amides is 2. The third kappa shape index (κ3) is 4.99. The normalized spacial score (nSPS) is 13.3. The van der Waals surface area contributed by atoms with Gasteiger partial charge >= 0.3 is 6.03 Å². The first-order valence-corrected chi connectivity index (χ1v) is 10.4. The molecule has 32 heavy (non-hydrogen) atoms. The summed E-state index contributed by atoms with van der Waals surface area (Å²) in [6.45, 7) is 1.53. The second-order valence-electron chi connectivity index (χ2n) is 7.49. The monoisotopic (exact) mass is 442 g/mol. The van der Waals surface area contributed by atoms with Crippen molar-refractivity contribution in [2.24, 2.45) is 0 Å². The van der Waals surface area contributed by atoms with Crippen LogP contribution in [0.1, 0.15) is 18.5 Å². The molecule has 0 atom stereocenters. The third-order valence-corrected chi connectivity index (χ3v) is 5.25. The van der Waals surface area contributed by atoms with Gasteiger partial charge < -0.3 is 24.7 Å². The van der Waals surface area contributed by atoms with Crippen LogP contribution in [-0.4, -0.2) is 37.8 Å². The first-order chi connectivity index (χ1) is 15.5. The summed E-state index contributed by atoms with van der Waals surface area (Å²) in [4.78, 5) is 18.2. The highest BCUT2D eigenvalue weighted by atomic mass is 19.1. The number of anilines is 2. The Morgan fingerprint density at radius 3 is 2.50 bits per heavy atom. The Kier molecular flexibility index (Phi) is 6.53. The van der Waals surface area contributed by atoms with Crippen LogP contribution in [0.4, 0.5) is 25.0 Å². The Labute approximate surface area is 184 Å². The Morgan fingerprint density at radius 2 is 1.84 bits per heavy atom. The number of halogens is 2. The second-order valence-corrected chi connectivity index (χ2v) is 7.49. The zero-order chi connectivity index (χ0) is 22.5. The summed E-state index contributed by atoms with van der Waals surface area (Å²) in [5.74, 6) is -0.163. The van der Waals surface area contributed by atoms with E-state index in [0.717, 1.165) is 36.3 Å². The van der Waals surface area contributed by atoms with Gasteiger partial charge in [-0.2, -0.15) is 0 Å². The standard InChI is InChI=1S/C23H24F2N4O3/c1-31-18-6-4-15(5-7-18)22-27-16(14-32-22)8-9-26-23(30)28-17-12-19(24)21(20(25)13-17)29-10-2-3-11-29/h4-7,12-14H,2-3,8-11H2,1H3,(H2,26,28,30). The molecule has 2 heterocycles. The van der Waals surface area contributed by atoms with Crippen molar-refractivity contribution in [3.8, 4) is 17.2 Å². The molecule has 168 valence electrons. The minimum Gasteiger partial charge on any atom is -0.497 e. The van der Waals surface area contributed by atoms with E-state index >= 15 is 0 Å². The van der Waals surface area contributed by atoms with E-state index in [1.54, 1.807) is 12.0 Å². The van der Waals surface area contributed by atoms with Gasteiger partial charge in [0.15, 0.2) is 11.6 Å². The van der Waals surface area contributed by atoms with Gasteiger partial charge in [-0.15, -0.1) is 0 Å². The smallest absolute Gasteiger partial charge is 0.319 e. The molecule has 3 aromatic rings. The number of rotatable bonds is 7. The lowest BCUT2D eigenvalue weighted by atomic mass is 10.2. The highest BCUT2D eigenvalue weighted by Gasteiger charge is 2.21. The van der Waals surface area contributed by atoms with Gasteiger partial charge in [0.25, 0.3) is 0 Å². The maximum Gasteiger partial charge on any atom is 0.319 e.